The van der Waals surface area contributed by atoms with Crippen molar-refractivity contribution in [2.45, 2.75) is 97.8 Å². The van der Waals surface area contributed by atoms with Gasteiger partial charge in [0.1, 0.15) is 0 Å². The Hall–Kier alpha value is -1.32. The number of carbonyl (C=O) groups is 2. The van der Waals surface area contributed by atoms with Crippen molar-refractivity contribution < 1.29 is 19.1 Å². The van der Waals surface area contributed by atoms with Crippen LogP contribution in [0.4, 0.5) is 0 Å². The van der Waals surface area contributed by atoms with Gasteiger partial charge in [-0.25, -0.2) is 0 Å². The predicted molar refractivity (Wildman–Crippen MR) is 109 cm³/mol. The van der Waals surface area contributed by atoms with Crippen LogP contribution in [0.3, 0.4) is 0 Å². The Morgan fingerprint density at radius 1 is 0.889 bits per heavy atom. The molecule has 0 aromatic carbocycles. The van der Waals surface area contributed by atoms with Gasteiger partial charge in [0, 0.05) is 0 Å². The Labute approximate surface area is 166 Å². The van der Waals surface area contributed by atoms with Gasteiger partial charge in [-0.1, -0.05) is 77.4 Å². The molecule has 0 radical (unpaired) electrons. The fourth-order valence-corrected chi connectivity index (χ4v) is 3.55. The summed E-state index contributed by atoms with van der Waals surface area (Å²) in [5, 5.41) is 0. The van der Waals surface area contributed by atoms with Crippen LogP contribution in [0.1, 0.15) is 97.8 Å². The first kappa shape index (κ1) is 23.7. The summed E-state index contributed by atoms with van der Waals surface area (Å²) in [7, 11) is 0. The zero-order valence-corrected chi connectivity index (χ0v) is 17.8. The highest BCUT2D eigenvalue weighted by atomic mass is 16.5. The molecule has 0 heterocycles. The number of allylic oxidation sites excluding steroid dienone is 1. The summed E-state index contributed by atoms with van der Waals surface area (Å²) in [6, 6.07) is 0. The minimum atomic E-state index is -0.900. The maximum absolute atomic E-state index is 12.6. The second kappa shape index (κ2) is 13.8. The van der Waals surface area contributed by atoms with Crippen molar-refractivity contribution in [3.63, 3.8) is 0 Å². The van der Waals surface area contributed by atoms with Gasteiger partial charge in [0.15, 0.2) is 0 Å². The minimum absolute atomic E-state index is 0.253. The van der Waals surface area contributed by atoms with Crippen LogP contribution in [0.5, 0.6) is 0 Å². The number of esters is 2. The van der Waals surface area contributed by atoms with Crippen molar-refractivity contribution in [1.29, 1.82) is 0 Å². The quantitative estimate of drug-likeness (QED) is 0.211. The lowest BCUT2D eigenvalue weighted by Crippen LogP contribution is -2.42. The van der Waals surface area contributed by atoms with Crippen molar-refractivity contribution in [3.05, 3.63) is 12.2 Å². The van der Waals surface area contributed by atoms with Gasteiger partial charge in [-0.15, -0.1) is 0 Å². The number of ether oxygens (including phenoxy) is 2. The lowest BCUT2D eigenvalue weighted by molar-refractivity contribution is -0.166. The molecule has 0 saturated heterocycles. The van der Waals surface area contributed by atoms with Crippen LogP contribution >= 0.6 is 0 Å². The molecule has 0 saturated carbocycles. The summed E-state index contributed by atoms with van der Waals surface area (Å²) in [5.74, 6) is -0.996. The SMILES string of the molecule is CCCCCCCCCCOC(=O)C1CCC=CC1(C)C(=O)OCCCC. The van der Waals surface area contributed by atoms with Crippen LogP contribution in [0, 0.1) is 11.3 Å². The van der Waals surface area contributed by atoms with Crippen LogP contribution in [-0.4, -0.2) is 25.2 Å². The highest BCUT2D eigenvalue weighted by molar-refractivity contribution is 5.87. The van der Waals surface area contributed by atoms with Crippen LogP contribution in [0.2, 0.25) is 0 Å². The summed E-state index contributed by atoms with van der Waals surface area (Å²) in [5.41, 5.74) is -0.900. The van der Waals surface area contributed by atoms with Gasteiger partial charge < -0.3 is 9.47 Å². The fourth-order valence-electron chi connectivity index (χ4n) is 3.55. The highest BCUT2D eigenvalue weighted by Crippen LogP contribution is 2.38. The van der Waals surface area contributed by atoms with E-state index in [1.165, 1.54) is 38.5 Å². The van der Waals surface area contributed by atoms with Crippen LogP contribution in [0.25, 0.3) is 0 Å². The lowest BCUT2D eigenvalue weighted by Gasteiger charge is -2.34. The van der Waals surface area contributed by atoms with Crippen molar-refractivity contribution in [2.24, 2.45) is 11.3 Å². The Morgan fingerprint density at radius 2 is 1.48 bits per heavy atom. The van der Waals surface area contributed by atoms with Crippen molar-refractivity contribution >= 4 is 11.9 Å². The number of rotatable bonds is 14. The molecule has 1 rings (SSSR count). The molecule has 4 nitrogen and oxygen atoms in total. The molecule has 27 heavy (non-hydrogen) atoms. The van der Waals surface area contributed by atoms with Gasteiger partial charge in [-0.05, 0) is 32.6 Å². The van der Waals surface area contributed by atoms with E-state index in [0.717, 1.165) is 32.1 Å². The molecular weight excluding hydrogens is 340 g/mol. The zero-order chi connectivity index (χ0) is 20.0. The molecule has 0 aromatic heterocycles. The maximum atomic E-state index is 12.6. The third kappa shape index (κ3) is 8.49. The summed E-state index contributed by atoms with van der Waals surface area (Å²) >= 11 is 0. The average molecular weight is 381 g/mol. The van der Waals surface area contributed by atoms with Crippen molar-refractivity contribution in [2.75, 3.05) is 13.2 Å². The molecule has 156 valence electrons. The molecule has 4 heteroatoms. The molecule has 0 aromatic rings. The molecule has 0 N–H and O–H groups in total. The average Bonchev–Trinajstić information content (AvgIpc) is 2.67. The van der Waals surface area contributed by atoms with E-state index in [2.05, 4.69) is 13.8 Å². The molecule has 2 atom stereocenters. The fraction of sp³-hybridized carbons (Fsp3) is 0.826. The van der Waals surface area contributed by atoms with Gasteiger partial charge in [-0.3, -0.25) is 9.59 Å². The van der Waals surface area contributed by atoms with Crippen LogP contribution in [0.15, 0.2) is 12.2 Å². The van der Waals surface area contributed by atoms with E-state index in [0.29, 0.717) is 19.6 Å². The molecule has 1 aliphatic rings. The largest absolute Gasteiger partial charge is 0.465 e. The Morgan fingerprint density at radius 3 is 2.15 bits per heavy atom. The van der Waals surface area contributed by atoms with E-state index in [4.69, 9.17) is 9.47 Å². The number of hydrogen-bond acceptors (Lipinski definition) is 4. The van der Waals surface area contributed by atoms with Gasteiger partial charge in [0.05, 0.1) is 24.5 Å². The van der Waals surface area contributed by atoms with Gasteiger partial charge >= 0.3 is 11.9 Å². The second-order valence-corrected chi connectivity index (χ2v) is 7.95. The number of unbranched alkanes of at least 4 members (excludes halogenated alkanes) is 8. The second-order valence-electron chi connectivity index (χ2n) is 7.95. The third-order valence-corrected chi connectivity index (χ3v) is 5.51. The normalized spacial score (nSPS) is 21.8. The molecule has 0 spiro atoms. The van der Waals surface area contributed by atoms with E-state index in [1.807, 2.05) is 12.2 Å². The third-order valence-electron chi connectivity index (χ3n) is 5.51. The summed E-state index contributed by atoms with van der Waals surface area (Å²) < 4.78 is 10.9. The summed E-state index contributed by atoms with van der Waals surface area (Å²) in [4.78, 5) is 25.1. The standard InChI is InChI=1S/C23H40O4/c1-4-6-8-9-10-11-12-15-19-26-21(24)20-16-13-14-17-23(20,3)22(25)27-18-7-5-2/h14,17,20H,4-13,15-16,18-19H2,1-3H3. The molecule has 1 aliphatic carbocycles. The molecule has 0 amide bonds. The van der Waals surface area contributed by atoms with E-state index >= 15 is 0 Å². The monoisotopic (exact) mass is 380 g/mol. The van der Waals surface area contributed by atoms with Crippen LogP contribution in [-0.2, 0) is 19.1 Å². The first-order chi connectivity index (χ1) is 13.1. The predicted octanol–water partition coefficient (Wildman–Crippen LogP) is 5.99. The van der Waals surface area contributed by atoms with E-state index in [9.17, 15) is 9.59 Å². The van der Waals surface area contributed by atoms with Gasteiger partial charge in [-0.2, -0.15) is 0 Å². The molecule has 0 bridgehead atoms. The molecule has 0 fully saturated rings. The van der Waals surface area contributed by atoms with Gasteiger partial charge in [0.25, 0.3) is 0 Å². The van der Waals surface area contributed by atoms with E-state index < -0.39 is 11.3 Å². The maximum Gasteiger partial charge on any atom is 0.316 e. The Kier molecular flexibility index (Phi) is 12.1. The first-order valence-corrected chi connectivity index (χ1v) is 11.1. The van der Waals surface area contributed by atoms with Crippen LogP contribution < -0.4 is 0 Å². The van der Waals surface area contributed by atoms with Gasteiger partial charge in [0.2, 0.25) is 0 Å². The lowest BCUT2D eigenvalue weighted by atomic mass is 9.71. The van der Waals surface area contributed by atoms with Crippen molar-refractivity contribution in [1.82, 2.24) is 0 Å². The topological polar surface area (TPSA) is 52.6 Å². The molecule has 2 unspecified atom stereocenters. The van der Waals surface area contributed by atoms with Crippen molar-refractivity contribution in [3.8, 4) is 0 Å². The smallest absolute Gasteiger partial charge is 0.316 e. The summed E-state index contributed by atoms with van der Waals surface area (Å²) in [6.07, 6.45) is 16.8. The zero-order valence-electron chi connectivity index (χ0n) is 17.8. The highest BCUT2D eigenvalue weighted by Gasteiger charge is 2.46. The van der Waals surface area contributed by atoms with E-state index in [1.54, 1.807) is 6.92 Å². The minimum Gasteiger partial charge on any atom is -0.465 e. The Bertz CT molecular complexity index is 457. The Balaban J connectivity index is 2.34. The molecular formula is C23H40O4. The summed E-state index contributed by atoms with van der Waals surface area (Å²) in [6.45, 7) is 6.96. The molecule has 0 aliphatic heterocycles. The van der Waals surface area contributed by atoms with E-state index in [-0.39, 0.29) is 11.9 Å². The first-order valence-electron chi connectivity index (χ1n) is 11.1. The number of hydrogen-bond donors (Lipinski definition) is 0. The number of carbonyl (C=O) groups excluding carboxylic acids is 2.